The molecular formula is C10H12N2O3S2. The number of hydrogen-bond acceptors (Lipinski definition) is 5. The lowest BCUT2D eigenvalue weighted by atomic mass is 10.1. The van der Waals surface area contributed by atoms with Crippen molar-refractivity contribution in [3.63, 3.8) is 0 Å². The van der Waals surface area contributed by atoms with E-state index in [0.717, 1.165) is 29.9 Å². The van der Waals surface area contributed by atoms with E-state index in [1.54, 1.807) is 18.9 Å². The number of thioether (sulfide) groups is 2. The Balaban J connectivity index is 2.23. The maximum atomic E-state index is 12.5. The molecule has 0 N–H and O–H groups in total. The molecule has 92 valence electrons. The first-order valence-electron chi connectivity index (χ1n) is 5.44. The second-order valence-corrected chi connectivity index (χ2v) is 7.52. The lowest BCUT2D eigenvalue weighted by molar-refractivity contribution is -0.161. The van der Waals surface area contributed by atoms with Crippen molar-refractivity contribution in [1.82, 2.24) is 9.80 Å². The van der Waals surface area contributed by atoms with E-state index in [2.05, 4.69) is 0 Å². The molecule has 0 aromatic carbocycles. The molecular weight excluding hydrogens is 260 g/mol. The van der Waals surface area contributed by atoms with Gasteiger partial charge in [0.2, 0.25) is 0 Å². The molecule has 2 amide bonds. The lowest BCUT2D eigenvalue weighted by Gasteiger charge is -2.48. The van der Waals surface area contributed by atoms with Gasteiger partial charge in [0.15, 0.2) is 9.74 Å². The topological polar surface area (TPSA) is 57.7 Å². The van der Waals surface area contributed by atoms with E-state index in [0.29, 0.717) is 13.0 Å². The number of fused-ring (bicyclic) bond motifs is 3. The van der Waals surface area contributed by atoms with Crippen LogP contribution in [-0.4, -0.2) is 49.4 Å². The molecule has 4 fully saturated rings. The Morgan fingerprint density at radius 1 is 1.18 bits per heavy atom. The van der Waals surface area contributed by atoms with Crippen LogP contribution in [-0.2, 0) is 9.59 Å². The molecule has 0 aliphatic carbocycles. The van der Waals surface area contributed by atoms with Crippen molar-refractivity contribution in [2.45, 2.75) is 29.5 Å². The molecule has 4 aliphatic heterocycles. The minimum atomic E-state index is -1.06. The number of likely N-dealkylation sites (N-methyl/N-ethyl adjacent to an activating group) is 1. The number of carbonyl (C=O) groups is 3. The van der Waals surface area contributed by atoms with Crippen LogP contribution in [0, 0.1) is 0 Å². The van der Waals surface area contributed by atoms with E-state index in [1.807, 2.05) is 0 Å². The second kappa shape index (κ2) is 3.20. The summed E-state index contributed by atoms with van der Waals surface area (Å²) in [6.07, 6.45) is 1.36. The van der Waals surface area contributed by atoms with Crippen LogP contribution in [0.25, 0.3) is 0 Å². The Kier molecular flexibility index (Phi) is 2.15. The summed E-state index contributed by atoms with van der Waals surface area (Å²) < 4.78 is -0.136. The number of hydrogen-bond donors (Lipinski definition) is 0. The first-order valence-corrected chi connectivity index (χ1v) is 7.07. The SMILES string of the molecule is CN1C(=O)[C@@]23CCCN2C(=O)[C@@]1(C)SC(=O)S3. The van der Waals surface area contributed by atoms with Crippen molar-refractivity contribution in [3.8, 4) is 0 Å². The van der Waals surface area contributed by atoms with Gasteiger partial charge in [0.05, 0.1) is 0 Å². The van der Waals surface area contributed by atoms with Crippen LogP contribution in [0.4, 0.5) is 4.79 Å². The predicted octanol–water partition coefficient (Wildman–Crippen LogP) is 1.09. The van der Waals surface area contributed by atoms with Crippen molar-refractivity contribution >= 4 is 39.8 Å². The zero-order chi connectivity index (χ0) is 12.4. The summed E-state index contributed by atoms with van der Waals surface area (Å²) in [5.41, 5.74) is 0. The minimum absolute atomic E-state index is 0.111. The van der Waals surface area contributed by atoms with Gasteiger partial charge in [0, 0.05) is 13.6 Å². The molecule has 4 rings (SSSR count). The Labute approximate surface area is 107 Å². The van der Waals surface area contributed by atoms with Gasteiger partial charge >= 0.3 is 0 Å². The molecule has 0 saturated carbocycles. The third-order valence-corrected chi connectivity index (χ3v) is 6.40. The summed E-state index contributed by atoms with van der Waals surface area (Å²) in [6, 6.07) is 0. The van der Waals surface area contributed by atoms with Crippen molar-refractivity contribution in [1.29, 1.82) is 0 Å². The van der Waals surface area contributed by atoms with Crippen LogP contribution in [0.1, 0.15) is 19.8 Å². The molecule has 0 unspecified atom stereocenters. The fraction of sp³-hybridized carbons (Fsp3) is 0.700. The van der Waals surface area contributed by atoms with Crippen molar-refractivity contribution in [2.75, 3.05) is 13.6 Å². The highest BCUT2D eigenvalue weighted by Gasteiger charge is 2.66. The normalized spacial score (nSPS) is 40.9. The van der Waals surface area contributed by atoms with E-state index in [9.17, 15) is 14.4 Å². The van der Waals surface area contributed by atoms with Gasteiger partial charge in [-0.2, -0.15) is 0 Å². The van der Waals surface area contributed by atoms with Crippen LogP contribution in [0.3, 0.4) is 0 Å². The van der Waals surface area contributed by atoms with Gasteiger partial charge in [0.25, 0.3) is 16.3 Å². The molecule has 4 heterocycles. The molecule has 4 saturated heterocycles. The van der Waals surface area contributed by atoms with Gasteiger partial charge in [-0.15, -0.1) is 0 Å². The predicted molar refractivity (Wildman–Crippen MR) is 65.4 cm³/mol. The van der Waals surface area contributed by atoms with E-state index < -0.39 is 9.74 Å². The highest BCUT2D eigenvalue weighted by Crippen LogP contribution is 2.55. The van der Waals surface area contributed by atoms with Crippen LogP contribution in [0.5, 0.6) is 0 Å². The number of piperazine rings is 1. The molecule has 7 heteroatoms. The fourth-order valence-electron chi connectivity index (χ4n) is 2.71. The number of nitrogens with zero attached hydrogens (tertiary/aromatic N) is 2. The molecule has 4 aliphatic rings. The maximum Gasteiger partial charge on any atom is 0.260 e. The minimum Gasteiger partial charge on any atom is -0.320 e. The average Bonchev–Trinajstić information content (AvgIpc) is 2.63. The Hall–Kier alpha value is -0.690. The third-order valence-electron chi connectivity index (χ3n) is 3.79. The molecule has 2 atom stereocenters. The van der Waals surface area contributed by atoms with Gasteiger partial charge in [-0.25, -0.2) is 0 Å². The highest BCUT2D eigenvalue weighted by atomic mass is 32.2. The maximum absolute atomic E-state index is 12.5. The number of rotatable bonds is 0. The highest BCUT2D eigenvalue weighted by molar-refractivity contribution is 8.40. The monoisotopic (exact) mass is 272 g/mol. The smallest absolute Gasteiger partial charge is 0.260 e. The second-order valence-electron chi connectivity index (χ2n) is 4.65. The Morgan fingerprint density at radius 2 is 1.88 bits per heavy atom. The third kappa shape index (κ3) is 1.16. The van der Waals surface area contributed by atoms with Crippen molar-refractivity contribution in [2.24, 2.45) is 0 Å². The summed E-state index contributed by atoms with van der Waals surface area (Å²) >= 11 is 1.98. The Morgan fingerprint density at radius 3 is 2.59 bits per heavy atom. The van der Waals surface area contributed by atoms with Gasteiger partial charge in [0.1, 0.15) is 0 Å². The van der Waals surface area contributed by atoms with E-state index in [-0.39, 0.29) is 16.3 Å². The molecule has 2 bridgehead atoms. The van der Waals surface area contributed by atoms with E-state index >= 15 is 0 Å². The summed E-state index contributed by atoms with van der Waals surface area (Å²) in [6.45, 7) is 2.23. The molecule has 0 aromatic heterocycles. The quantitative estimate of drug-likeness (QED) is 0.661. The standard InChI is InChI=1S/C10H12N2O3S2/c1-9-6(13)12-5-3-4-10(12,7(14)11(9)2)17-8(15)16-9/h3-5H2,1-2H3/t9-,10+/m1/s1. The lowest BCUT2D eigenvalue weighted by Crippen LogP contribution is -2.69. The molecule has 0 radical (unpaired) electrons. The summed E-state index contributed by atoms with van der Waals surface area (Å²) in [5, 5.41) is 0. The number of carbonyl (C=O) groups excluding carboxylic acids is 3. The van der Waals surface area contributed by atoms with Crippen LogP contribution in [0.2, 0.25) is 0 Å². The Bertz CT molecular complexity index is 453. The van der Waals surface area contributed by atoms with Crippen molar-refractivity contribution in [3.05, 3.63) is 0 Å². The van der Waals surface area contributed by atoms with Crippen LogP contribution >= 0.6 is 23.5 Å². The zero-order valence-electron chi connectivity index (χ0n) is 9.56. The zero-order valence-corrected chi connectivity index (χ0v) is 11.2. The number of amides is 2. The molecule has 0 aromatic rings. The van der Waals surface area contributed by atoms with Gasteiger partial charge in [-0.1, -0.05) is 0 Å². The molecule has 17 heavy (non-hydrogen) atoms. The van der Waals surface area contributed by atoms with Crippen molar-refractivity contribution < 1.29 is 14.4 Å². The first-order chi connectivity index (χ1) is 7.92. The average molecular weight is 272 g/mol. The largest absolute Gasteiger partial charge is 0.320 e. The molecule has 5 nitrogen and oxygen atoms in total. The summed E-state index contributed by atoms with van der Waals surface area (Å²) in [5.74, 6) is -0.221. The summed E-state index contributed by atoms with van der Waals surface area (Å²) in [7, 11) is 1.61. The fourth-order valence-corrected chi connectivity index (χ4v) is 5.55. The van der Waals surface area contributed by atoms with E-state index in [4.69, 9.17) is 0 Å². The van der Waals surface area contributed by atoms with E-state index in [1.165, 1.54) is 4.90 Å². The van der Waals surface area contributed by atoms with Gasteiger partial charge < -0.3 is 9.80 Å². The molecule has 1 spiro atoms. The first kappa shape index (κ1) is 11.4. The summed E-state index contributed by atoms with van der Waals surface area (Å²) in [4.78, 5) is 37.8. The van der Waals surface area contributed by atoms with Crippen LogP contribution < -0.4 is 0 Å². The van der Waals surface area contributed by atoms with Gasteiger partial charge in [-0.3, -0.25) is 14.4 Å². The van der Waals surface area contributed by atoms with Crippen LogP contribution in [0.15, 0.2) is 0 Å². The van der Waals surface area contributed by atoms with Gasteiger partial charge in [-0.05, 0) is 43.3 Å².